The fourth-order valence-electron chi connectivity index (χ4n) is 2.85. The Balaban J connectivity index is 1.72. The van der Waals surface area contributed by atoms with E-state index in [2.05, 4.69) is 23.9 Å². The number of likely N-dealkylation sites (N-methyl/N-ethyl adjacent to an activating group) is 1. The summed E-state index contributed by atoms with van der Waals surface area (Å²) < 4.78 is 10.9. The van der Waals surface area contributed by atoms with Crippen molar-refractivity contribution in [2.24, 2.45) is 0 Å². The number of hydrogen-bond acceptors (Lipinski definition) is 5. The summed E-state index contributed by atoms with van der Waals surface area (Å²) in [6.07, 6.45) is 1.84. The predicted octanol–water partition coefficient (Wildman–Crippen LogP) is 1.95. The molecule has 1 amide bonds. The molecule has 0 spiro atoms. The van der Waals surface area contributed by atoms with E-state index >= 15 is 0 Å². The lowest BCUT2D eigenvalue weighted by molar-refractivity contribution is -0.134. The Hall–Kier alpha value is -2.08. The van der Waals surface area contributed by atoms with Crippen molar-refractivity contribution in [3.63, 3.8) is 0 Å². The van der Waals surface area contributed by atoms with Crippen LogP contribution in [0.2, 0.25) is 0 Å². The fourth-order valence-corrected chi connectivity index (χ4v) is 2.85. The molecule has 0 aliphatic carbocycles. The van der Waals surface area contributed by atoms with Crippen molar-refractivity contribution in [3.05, 3.63) is 29.9 Å². The zero-order valence-electron chi connectivity index (χ0n) is 13.2. The van der Waals surface area contributed by atoms with Gasteiger partial charge in [-0.3, -0.25) is 4.79 Å². The van der Waals surface area contributed by atoms with Gasteiger partial charge in [-0.1, -0.05) is 0 Å². The topological polar surface area (TPSA) is 62.7 Å². The average molecular weight is 303 g/mol. The third-order valence-electron chi connectivity index (χ3n) is 4.09. The Kier molecular flexibility index (Phi) is 4.02. The molecule has 3 rings (SSSR count). The molecule has 1 aliphatic heterocycles. The molecule has 1 fully saturated rings. The van der Waals surface area contributed by atoms with Crippen LogP contribution in [0.1, 0.15) is 18.4 Å². The minimum atomic E-state index is 0.1000. The number of nitrogens with zero attached hydrogens (tertiary/aromatic N) is 3. The zero-order chi connectivity index (χ0) is 15.7. The van der Waals surface area contributed by atoms with E-state index < -0.39 is 0 Å². The van der Waals surface area contributed by atoms with Gasteiger partial charge < -0.3 is 18.6 Å². The molecule has 1 atom stereocenters. The fraction of sp³-hybridized carbons (Fsp3) is 0.500. The van der Waals surface area contributed by atoms with Gasteiger partial charge >= 0.3 is 0 Å². The summed E-state index contributed by atoms with van der Waals surface area (Å²) in [5.41, 5.74) is 0.683. The van der Waals surface area contributed by atoms with Gasteiger partial charge in [0.15, 0.2) is 5.76 Å². The molecule has 2 aromatic rings. The number of furan rings is 1. The molecule has 22 heavy (non-hydrogen) atoms. The van der Waals surface area contributed by atoms with Crippen LogP contribution in [0.4, 0.5) is 0 Å². The van der Waals surface area contributed by atoms with Crippen molar-refractivity contribution in [2.75, 3.05) is 26.7 Å². The highest BCUT2D eigenvalue weighted by molar-refractivity contribution is 5.79. The van der Waals surface area contributed by atoms with E-state index in [1.807, 2.05) is 11.8 Å². The highest BCUT2D eigenvalue weighted by Crippen LogP contribution is 2.23. The zero-order valence-corrected chi connectivity index (χ0v) is 13.2. The van der Waals surface area contributed by atoms with Crippen molar-refractivity contribution >= 4 is 5.91 Å². The standard InChI is InChI=1S/C16H21N3O3/c1-11-10-18(3)6-7-19(11)15(20)9-13-12(2)22-16(17-13)14-5-4-8-21-14/h4-5,8,11H,6-7,9-10H2,1-3H3. The van der Waals surface area contributed by atoms with Crippen molar-refractivity contribution < 1.29 is 13.6 Å². The van der Waals surface area contributed by atoms with Gasteiger partial charge in [-0.15, -0.1) is 0 Å². The number of carbonyl (C=O) groups excluding carboxylic acids is 1. The molecule has 1 saturated heterocycles. The van der Waals surface area contributed by atoms with E-state index in [4.69, 9.17) is 8.83 Å². The van der Waals surface area contributed by atoms with Crippen molar-refractivity contribution in [1.82, 2.24) is 14.8 Å². The monoisotopic (exact) mass is 303 g/mol. The van der Waals surface area contributed by atoms with Gasteiger partial charge in [0.25, 0.3) is 5.89 Å². The lowest BCUT2D eigenvalue weighted by atomic mass is 10.1. The number of aromatic nitrogens is 1. The molecule has 0 radical (unpaired) electrons. The van der Waals surface area contributed by atoms with Gasteiger partial charge in [-0.05, 0) is 33.0 Å². The maximum Gasteiger partial charge on any atom is 0.263 e. The quantitative estimate of drug-likeness (QED) is 0.867. The number of amides is 1. The van der Waals surface area contributed by atoms with Crippen LogP contribution < -0.4 is 0 Å². The molecule has 2 aromatic heterocycles. The second-order valence-electron chi connectivity index (χ2n) is 5.87. The Morgan fingerprint density at radius 3 is 2.95 bits per heavy atom. The van der Waals surface area contributed by atoms with Gasteiger partial charge in [-0.2, -0.15) is 0 Å². The first-order chi connectivity index (χ1) is 10.5. The second kappa shape index (κ2) is 5.96. The van der Waals surface area contributed by atoms with E-state index in [1.165, 1.54) is 0 Å². The molecule has 0 bridgehead atoms. The van der Waals surface area contributed by atoms with Crippen molar-refractivity contribution in [2.45, 2.75) is 26.3 Å². The number of carbonyl (C=O) groups is 1. The summed E-state index contributed by atoms with van der Waals surface area (Å²) in [5.74, 6) is 1.77. The summed E-state index contributed by atoms with van der Waals surface area (Å²) in [6.45, 7) is 6.48. The molecular formula is C16H21N3O3. The molecule has 0 aromatic carbocycles. The predicted molar refractivity (Wildman–Crippen MR) is 81.3 cm³/mol. The third-order valence-corrected chi connectivity index (χ3v) is 4.09. The summed E-state index contributed by atoms with van der Waals surface area (Å²) in [6, 6.07) is 3.80. The van der Waals surface area contributed by atoms with Crippen LogP contribution in [0.25, 0.3) is 11.7 Å². The van der Waals surface area contributed by atoms with Gasteiger partial charge in [0.1, 0.15) is 5.76 Å². The molecule has 3 heterocycles. The summed E-state index contributed by atoms with van der Waals surface area (Å²) in [7, 11) is 2.08. The Morgan fingerprint density at radius 1 is 1.45 bits per heavy atom. The minimum absolute atomic E-state index is 0.1000. The smallest absolute Gasteiger partial charge is 0.263 e. The first-order valence-corrected chi connectivity index (χ1v) is 7.53. The Bertz CT molecular complexity index is 648. The number of aryl methyl sites for hydroxylation is 1. The van der Waals surface area contributed by atoms with Gasteiger partial charge in [0, 0.05) is 25.7 Å². The second-order valence-corrected chi connectivity index (χ2v) is 5.87. The van der Waals surface area contributed by atoms with Crippen molar-refractivity contribution in [1.29, 1.82) is 0 Å². The minimum Gasteiger partial charge on any atom is -0.459 e. The lowest BCUT2D eigenvalue weighted by Gasteiger charge is -2.38. The van der Waals surface area contributed by atoms with E-state index in [9.17, 15) is 4.79 Å². The van der Waals surface area contributed by atoms with Crippen LogP contribution in [0.15, 0.2) is 27.2 Å². The Labute approximate surface area is 129 Å². The molecule has 6 nitrogen and oxygen atoms in total. The first-order valence-electron chi connectivity index (χ1n) is 7.53. The highest BCUT2D eigenvalue weighted by atomic mass is 16.4. The van der Waals surface area contributed by atoms with E-state index in [1.54, 1.807) is 18.4 Å². The van der Waals surface area contributed by atoms with Gasteiger partial charge in [0.2, 0.25) is 5.91 Å². The molecule has 0 saturated carbocycles. The van der Waals surface area contributed by atoms with Crippen LogP contribution in [0.5, 0.6) is 0 Å². The number of hydrogen-bond donors (Lipinski definition) is 0. The number of piperazine rings is 1. The molecule has 1 aliphatic rings. The SMILES string of the molecule is Cc1oc(-c2ccco2)nc1CC(=O)N1CCN(C)CC1C. The average Bonchev–Trinajstić information content (AvgIpc) is 3.09. The molecular weight excluding hydrogens is 282 g/mol. The van der Waals surface area contributed by atoms with E-state index in [0.29, 0.717) is 23.1 Å². The molecule has 0 N–H and O–H groups in total. The highest BCUT2D eigenvalue weighted by Gasteiger charge is 2.27. The summed E-state index contributed by atoms with van der Waals surface area (Å²) >= 11 is 0. The first kappa shape index (κ1) is 14.8. The number of rotatable bonds is 3. The molecule has 1 unspecified atom stereocenters. The van der Waals surface area contributed by atoms with E-state index in [0.717, 1.165) is 19.6 Å². The number of oxazole rings is 1. The maximum absolute atomic E-state index is 12.5. The molecule has 6 heteroatoms. The Morgan fingerprint density at radius 2 is 2.27 bits per heavy atom. The summed E-state index contributed by atoms with van der Waals surface area (Å²) in [4.78, 5) is 21.1. The van der Waals surface area contributed by atoms with Crippen molar-refractivity contribution in [3.8, 4) is 11.7 Å². The van der Waals surface area contributed by atoms with E-state index in [-0.39, 0.29) is 18.4 Å². The lowest BCUT2D eigenvalue weighted by Crippen LogP contribution is -2.53. The third kappa shape index (κ3) is 2.92. The van der Waals surface area contributed by atoms with Gasteiger partial charge in [-0.25, -0.2) is 4.98 Å². The van der Waals surface area contributed by atoms with Crippen LogP contribution in [0.3, 0.4) is 0 Å². The van der Waals surface area contributed by atoms with Crippen LogP contribution >= 0.6 is 0 Å². The molecule has 118 valence electrons. The van der Waals surface area contributed by atoms with Crippen LogP contribution in [-0.4, -0.2) is 53.4 Å². The summed E-state index contributed by atoms with van der Waals surface area (Å²) in [5, 5.41) is 0. The van der Waals surface area contributed by atoms with Crippen LogP contribution in [0, 0.1) is 6.92 Å². The largest absolute Gasteiger partial charge is 0.459 e. The normalized spacial score (nSPS) is 19.6. The maximum atomic E-state index is 12.5. The van der Waals surface area contributed by atoms with Crippen LogP contribution in [-0.2, 0) is 11.2 Å². The van der Waals surface area contributed by atoms with Gasteiger partial charge in [0.05, 0.1) is 18.4 Å².